The molecule has 0 radical (unpaired) electrons. The van der Waals surface area contributed by atoms with E-state index >= 15 is 0 Å². The molecule has 4 nitrogen and oxygen atoms in total. The highest BCUT2D eigenvalue weighted by Gasteiger charge is 2.30. The van der Waals surface area contributed by atoms with E-state index in [0.717, 1.165) is 24.0 Å². The Hall–Kier alpha value is -2.24. The van der Waals surface area contributed by atoms with E-state index in [-0.39, 0.29) is 11.8 Å². The van der Waals surface area contributed by atoms with Crippen molar-refractivity contribution < 1.29 is 19.0 Å². The summed E-state index contributed by atoms with van der Waals surface area (Å²) >= 11 is 0. The maximum atomic E-state index is 13.0. The summed E-state index contributed by atoms with van der Waals surface area (Å²) in [6, 6.07) is 13.9. The Bertz CT molecular complexity index is 711. The lowest BCUT2D eigenvalue weighted by Crippen LogP contribution is -2.30. The molecule has 0 aromatic heterocycles. The number of carbonyl (C=O) groups is 1. The minimum absolute atomic E-state index is 0.303. The van der Waals surface area contributed by atoms with Crippen LogP contribution in [0.1, 0.15) is 37.0 Å². The number of benzene rings is 2. The lowest BCUT2D eigenvalue weighted by molar-refractivity contribution is -0.131. The van der Waals surface area contributed by atoms with Crippen LogP contribution < -0.4 is 4.74 Å². The Labute approximate surface area is 146 Å². The van der Waals surface area contributed by atoms with Gasteiger partial charge in [0, 0.05) is 26.1 Å². The molecule has 5 heteroatoms. The van der Waals surface area contributed by atoms with Crippen molar-refractivity contribution in [2.75, 3.05) is 6.54 Å². The van der Waals surface area contributed by atoms with E-state index in [9.17, 15) is 14.3 Å². The molecule has 0 spiro atoms. The second kappa shape index (κ2) is 7.76. The summed E-state index contributed by atoms with van der Waals surface area (Å²) in [5.41, 5.74) is 1.81. The van der Waals surface area contributed by atoms with Crippen LogP contribution in [0.2, 0.25) is 0 Å². The van der Waals surface area contributed by atoms with E-state index in [2.05, 4.69) is 4.90 Å². The van der Waals surface area contributed by atoms with Gasteiger partial charge in [0.15, 0.2) is 0 Å². The van der Waals surface area contributed by atoms with Crippen molar-refractivity contribution in [2.45, 2.75) is 38.5 Å². The molecule has 1 unspecified atom stereocenters. The Morgan fingerprint density at radius 3 is 2.40 bits per heavy atom. The van der Waals surface area contributed by atoms with Gasteiger partial charge in [-0.05, 0) is 48.2 Å². The highest BCUT2D eigenvalue weighted by Crippen LogP contribution is 2.30. The molecule has 1 atom stereocenters. The van der Waals surface area contributed by atoms with Gasteiger partial charge in [0.2, 0.25) is 0 Å². The maximum absolute atomic E-state index is 13.0. The van der Waals surface area contributed by atoms with Crippen LogP contribution in [0.15, 0.2) is 48.5 Å². The zero-order valence-corrected chi connectivity index (χ0v) is 14.2. The summed E-state index contributed by atoms with van der Waals surface area (Å²) in [4.78, 5) is 13.2. The Morgan fingerprint density at radius 2 is 1.84 bits per heavy atom. The number of halogens is 1. The molecule has 0 heterocycles. The molecule has 132 valence electrons. The van der Waals surface area contributed by atoms with E-state index in [0.29, 0.717) is 24.9 Å². The molecule has 1 aliphatic carbocycles. The minimum atomic E-state index is -0.651. The highest BCUT2D eigenvalue weighted by molar-refractivity contribution is 5.69. The van der Waals surface area contributed by atoms with E-state index in [1.165, 1.54) is 19.1 Å². The van der Waals surface area contributed by atoms with E-state index in [4.69, 9.17) is 4.74 Å². The van der Waals surface area contributed by atoms with Gasteiger partial charge in [-0.1, -0.05) is 24.3 Å². The summed E-state index contributed by atoms with van der Waals surface area (Å²) in [7, 11) is 0. The van der Waals surface area contributed by atoms with Gasteiger partial charge in [0.1, 0.15) is 11.6 Å². The fourth-order valence-corrected chi connectivity index (χ4v) is 2.86. The molecule has 2 aromatic carbocycles. The zero-order valence-electron chi connectivity index (χ0n) is 14.2. The molecule has 1 fully saturated rings. The predicted molar refractivity (Wildman–Crippen MR) is 92.5 cm³/mol. The monoisotopic (exact) mass is 343 g/mol. The van der Waals surface area contributed by atoms with Crippen molar-refractivity contribution in [3.8, 4) is 5.75 Å². The van der Waals surface area contributed by atoms with Gasteiger partial charge in [0.25, 0.3) is 0 Å². The lowest BCUT2D eigenvalue weighted by atomic mass is 10.1. The topological polar surface area (TPSA) is 49.8 Å². The molecule has 2 aromatic rings. The Kier molecular flexibility index (Phi) is 5.46. The number of rotatable bonds is 7. The smallest absolute Gasteiger partial charge is 0.308 e. The van der Waals surface area contributed by atoms with Crippen LogP contribution in [-0.4, -0.2) is 28.6 Å². The molecule has 1 N–H and O–H groups in total. The summed E-state index contributed by atoms with van der Waals surface area (Å²) in [6.45, 7) is 2.59. The number of hydrogen-bond donors (Lipinski definition) is 1. The first-order chi connectivity index (χ1) is 12.0. The Balaban J connectivity index is 1.63. The van der Waals surface area contributed by atoms with Crippen LogP contribution in [0.3, 0.4) is 0 Å². The fraction of sp³-hybridized carbons (Fsp3) is 0.350. The van der Waals surface area contributed by atoms with Gasteiger partial charge in [-0.2, -0.15) is 0 Å². The highest BCUT2D eigenvalue weighted by atomic mass is 19.1. The first-order valence-corrected chi connectivity index (χ1v) is 8.46. The molecule has 1 aliphatic rings. The molecule has 0 amide bonds. The summed E-state index contributed by atoms with van der Waals surface area (Å²) in [6.07, 6.45) is 1.60. The number of aliphatic hydroxyl groups excluding tert-OH is 1. The van der Waals surface area contributed by atoms with Crippen molar-refractivity contribution in [1.29, 1.82) is 0 Å². The van der Waals surface area contributed by atoms with Crippen molar-refractivity contribution in [1.82, 2.24) is 4.90 Å². The number of hydrogen-bond acceptors (Lipinski definition) is 4. The summed E-state index contributed by atoms with van der Waals surface area (Å²) in [5.74, 6) is -0.113. The molecular weight excluding hydrogens is 321 g/mol. The average Bonchev–Trinajstić information content (AvgIpc) is 3.41. The van der Waals surface area contributed by atoms with Crippen molar-refractivity contribution in [3.63, 3.8) is 0 Å². The molecular formula is C20H22FNO3. The third-order valence-electron chi connectivity index (χ3n) is 4.30. The van der Waals surface area contributed by atoms with Crippen LogP contribution in [0.25, 0.3) is 0 Å². The van der Waals surface area contributed by atoms with E-state index in [1.54, 1.807) is 24.3 Å². The first-order valence-electron chi connectivity index (χ1n) is 8.46. The van der Waals surface area contributed by atoms with Crippen molar-refractivity contribution in [3.05, 3.63) is 65.5 Å². The largest absolute Gasteiger partial charge is 0.427 e. The zero-order chi connectivity index (χ0) is 17.8. The number of nitrogens with zero attached hydrogens (tertiary/aromatic N) is 1. The van der Waals surface area contributed by atoms with Crippen molar-refractivity contribution in [2.24, 2.45) is 0 Å². The van der Waals surface area contributed by atoms with Crippen LogP contribution in [-0.2, 0) is 11.3 Å². The van der Waals surface area contributed by atoms with Crippen molar-refractivity contribution >= 4 is 5.97 Å². The fourth-order valence-electron chi connectivity index (χ4n) is 2.86. The van der Waals surface area contributed by atoms with Gasteiger partial charge < -0.3 is 9.84 Å². The second-order valence-corrected chi connectivity index (χ2v) is 6.47. The van der Waals surface area contributed by atoms with Gasteiger partial charge in [-0.25, -0.2) is 4.39 Å². The average molecular weight is 343 g/mol. The summed E-state index contributed by atoms with van der Waals surface area (Å²) in [5, 5.41) is 10.5. The molecule has 3 rings (SSSR count). The quantitative estimate of drug-likeness (QED) is 0.618. The standard InChI is InChI=1S/C20H22FNO3/c1-14(23)25-19-10-2-15(3-11-19)12-22(18-8-9-18)13-20(24)16-4-6-17(21)7-5-16/h2-7,10-11,18,20,24H,8-9,12-13H2,1H3. The second-order valence-electron chi connectivity index (χ2n) is 6.47. The number of aliphatic hydroxyl groups is 1. The third-order valence-corrected chi connectivity index (χ3v) is 4.30. The minimum Gasteiger partial charge on any atom is -0.427 e. The van der Waals surface area contributed by atoms with Gasteiger partial charge in [-0.15, -0.1) is 0 Å². The third kappa shape index (κ3) is 5.11. The summed E-state index contributed by atoms with van der Waals surface area (Å²) < 4.78 is 18.1. The van der Waals surface area contributed by atoms with Crippen LogP contribution >= 0.6 is 0 Å². The molecule has 0 saturated heterocycles. The van der Waals surface area contributed by atoms with Gasteiger partial charge >= 0.3 is 5.97 Å². The Morgan fingerprint density at radius 1 is 1.20 bits per heavy atom. The van der Waals surface area contributed by atoms with Crippen LogP contribution in [0.4, 0.5) is 4.39 Å². The maximum Gasteiger partial charge on any atom is 0.308 e. The van der Waals surface area contributed by atoms with Crippen LogP contribution in [0.5, 0.6) is 5.75 Å². The van der Waals surface area contributed by atoms with Crippen LogP contribution in [0, 0.1) is 5.82 Å². The first kappa shape index (κ1) is 17.6. The number of esters is 1. The van der Waals surface area contributed by atoms with E-state index in [1.807, 2.05) is 12.1 Å². The van der Waals surface area contributed by atoms with Gasteiger partial charge in [0.05, 0.1) is 6.10 Å². The SMILES string of the molecule is CC(=O)Oc1ccc(CN(CC(O)c2ccc(F)cc2)C2CC2)cc1. The van der Waals surface area contributed by atoms with E-state index < -0.39 is 6.10 Å². The molecule has 0 bridgehead atoms. The lowest BCUT2D eigenvalue weighted by Gasteiger charge is -2.25. The number of ether oxygens (including phenoxy) is 1. The normalized spacial score (nSPS) is 15.2. The molecule has 25 heavy (non-hydrogen) atoms. The van der Waals surface area contributed by atoms with Gasteiger partial charge in [-0.3, -0.25) is 9.69 Å². The number of carbonyl (C=O) groups excluding carboxylic acids is 1. The molecule has 0 aliphatic heterocycles. The molecule has 1 saturated carbocycles. The predicted octanol–water partition coefficient (Wildman–Crippen LogP) is 3.45.